The molecule has 0 radical (unpaired) electrons. The number of aromatic nitrogens is 1. The van der Waals surface area contributed by atoms with Crippen LogP contribution in [0, 0.1) is 0 Å². The van der Waals surface area contributed by atoms with Gasteiger partial charge in [-0.05, 0) is 36.4 Å². The van der Waals surface area contributed by atoms with Gasteiger partial charge < -0.3 is 15.4 Å². The number of nitrogens with zero attached hydrogens (tertiary/aromatic N) is 2. The molecule has 0 aliphatic carbocycles. The molecule has 0 bridgehead atoms. The summed E-state index contributed by atoms with van der Waals surface area (Å²) < 4.78 is 5.45. The van der Waals surface area contributed by atoms with Gasteiger partial charge in [-0.3, -0.25) is 9.78 Å². The SMILES string of the molecule is CN(C(=O)COc1ccc(C(N)=S)cc1)c1ccncc1. The number of rotatable bonds is 5. The van der Waals surface area contributed by atoms with Crippen LogP contribution < -0.4 is 15.4 Å². The number of anilines is 1. The average molecular weight is 301 g/mol. The molecule has 1 aromatic heterocycles. The van der Waals surface area contributed by atoms with E-state index in [0.29, 0.717) is 10.7 Å². The molecular weight excluding hydrogens is 286 g/mol. The summed E-state index contributed by atoms with van der Waals surface area (Å²) in [7, 11) is 1.69. The lowest BCUT2D eigenvalue weighted by atomic mass is 10.2. The zero-order chi connectivity index (χ0) is 15.2. The van der Waals surface area contributed by atoms with E-state index in [1.165, 1.54) is 4.90 Å². The van der Waals surface area contributed by atoms with Crippen LogP contribution in [0.25, 0.3) is 0 Å². The van der Waals surface area contributed by atoms with E-state index in [9.17, 15) is 4.79 Å². The molecule has 0 unspecified atom stereocenters. The van der Waals surface area contributed by atoms with Gasteiger partial charge in [-0.1, -0.05) is 12.2 Å². The quantitative estimate of drug-likeness (QED) is 0.852. The predicted molar refractivity (Wildman–Crippen MR) is 85.5 cm³/mol. The molecule has 5 nitrogen and oxygen atoms in total. The van der Waals surface area contributed by atoms with Crippen molar-refractivity contribution in [3.63, 3.8) is 0 Å². The first kappa shape index (κ1) is 14.9. The molecule has 0 fully saturated rings. The fourth-order valence-electron chi connectivity index (χ4n) is 1.67. The van der Waals surface area contributed by atoms with Crippen LogP contribution in [0.15, 0.2) is 48.8 Å². The Bertz CT molecular complexity index is 629. The van der Waals surface area contributed by atoms with Gasteiger partial charge in [-0.15, -0.1) is 0 Å². The van der Waals surface area contributed by atoms with Crippen LogP contribution in [-0.4, -0.2) is 29.5 Å². The molecular formula is C15H15N3O2S. The zero-order valence-corrected chi connectivity index (χ0v) is 12.3. The third kappa shape index (κ3) is 4.00. The number of ether oxygens (including phenoxy) is 1. The number of carbonyl (C=O) groups is 1. The van der Waals surface area contributed by atoms with Crippen molar-refractivity contribution in [2.75, 3.05) is 18.6 Å². The topological polar surface area (TPSA) is 68.5 Å². The Morgan fingerprint density at radius 1 is 1.24 bits per heavy atom. The van der Waals surface area contributed by atoms with E-state index in [4.69, 9.17) is 22.7 Å². The maximum absolute atomic E-state index is 12.0. The summed E-state index contributed by atoms with van der Waals surface area (Å²) in [6.07, 6.45) is 3.27. The maximum atomic E-state index is 12.0. The Balaban J connectivity index is 1.93. The van der Waals surface area contributed by atoms with Crippen LogP contribution in [0.1, 0.15) is 5.56 Å². The molecule has 1 amide bonds. The number of hydrogen-bond donors (Lipinski definition) is 1. The van der Waals surface area contributed by atoms with Crippen molar-refractivity contribution < 1.29 is 9.53 Å². The van der Waals surface area contributed by atoms with Gasteiger partial charge in [-0.25, -0.2) is 0 Å². The molecule has 0 spiro atoms. The van der Waals surface area contributed by atoms with E-state index in [1.54, 1.807) is 55.8 Å². The molecule has 0 aliphatic heterocycles. The van der Waals surface area contributed by atoms with Crippen molar-refractivity contribution >= 4 is 28.8 Å². The molecule has 0 aliphatic rings. The summed E-state index contributed by atoms with van der Waals surface area (Å²) in [6.45, 7) is -0.0504. The summed E-state index contributed by atoms with van der Waals surface area (Å²) in [5.74, 6) is 0.436. The lowest BCUT2D eigenvalue weighted by Crippen LogP contribution is -2.31. The van der Waals surface area contributed by atoms with Crippen molar-refractivity contribution in [3.8, 4) is 5.75 Å². The molecule has 108 valence electrons. The fraction of sp³-hybridized carbons (Fsp3) is 0.133. The summed E-state index contributed by atoms with van der Waals surface area (Å²) in [5, 5.41) is 0. The number of pyridine rings is 1. The minimum absolute atomic E-state index is 0.0504. The third-order valence-electron chi connectivity index (χ3n) is 2.93. The molecule has 0 saturated carbocycles. The zero-order valence-electron chi connectivity index (χ0n) is 11.5. The average Bonchev–Trinajstić information content (AvgIpc) is 2.53. The summed E-state index contributed by atoms with van der Waals surface area (Å²) >= 11 is 4.87. The molecule has 0 saturated heterocycles. The van der Waals surface area contributed by atoms with Crippen LogP contribution in [0.2, 0.25) is 0 Å². The number of nitrogens with two attached hydrogens (primary N) is 1. The summed E-state index contributed by atoms with van der Waals surface area (Å²) in [4.78, 5) is 17.8. The van der Waals surface area contributed by atoms with Crippen LogP contribution in [-0.2, 0) is 4.79 Å². The lowest BCUT2D eigenvalue weighted by molar-refractivity contribution is -0.120. The van der Waals surface area contributed by atoms with Crippen molar-refractivity contribution in [2.24, 2.45) is 5.73 Å². The molecule has 21 heavy (non-hydrogen) atoms. The van der Waals surface area contributed by atoms with E-state index in [2.05, 4.69) is 4.98 Å². The van der Waals surface area contributed by atoms with Gasteiger partial charge in [0.15, 0.2) is 6.61 Å². The Morgan fingerprint density at radius 2 is 1.86 bits per heavy atom. The summed E-state index contributed by atoms with van der Waals surface area (Å²) in [5.41, 5.74) is 7.04. The summed E-state index contributed by atoms with van der Waals surface area (Å²) in [6, 6.07) is 10.5. The van der Waals surface area contributed by atoms with E-state index in [-0.39, 0.29) is 12.5 Å². The first-order valence-electron chi connectivity index (χ1n) is 6.27. The van der Waals surface area contributed by atoms with Gasteiger partial charge in [0, 0.05) is 30.7 Å². The van der Waals surface area contributed by atoms with E-state index in [0.717, 1.165) is 11.3 Å². The van der Waals surface area contributed by atoms with Gasteiger partial charge in [-0.2, -0.15) is 0 Å². The van der Waals surface area contributed by atoms with E-state index >= 15 is 0 Å². The Morgan fingerprint density at radius 3 is 2.43 bits per heavy atom. The lowest BCUT2D eigenvalue weighted by Gasteiger charge is -2.17. The molecule has 2 aromatic rings. The maximum Gasteiger partial charge on any atom is 0.264 e. The fourth-order valence-corrected chi connectivity index (χ4v) is 1.81. The molecule has 0 atom stereocenters. The standard InChI is InChI=1S/C15H15N3O2S/c1-18(12-6-8-17-9-7-12)14(19)10-20-13-4-2-11(3-5-13)15(16)21/h2-9H,10H2,1H3,(H2,16,21). The monoisotopic (exact) mass is 301 g/mol. The van der Waals surface area contributed by atoms with Crippen LogP contribution in [0.4, 0.5) is 5.69 Å². The Kier molecular flexibility index (Phi) is 4.84. The minimum Gasteiger partial charge on any atom is -0.484 e. The number of likely N-dealkylation sites (N-methyl/N-ethyl adjacent to an activating group) is 1. The van der Waals surface area contributed by atoms with Crippen LogP contribution in [0.5, 0.6) is 5.75 Å². The smallest absolute Gasteiger partial charge is 0.264 e. The Labute approximate surface area is 128 Å². The normalized spacial score (nSPS) is 9.95. The molecule has 2 rings (SSSR count). The minimum atomic E-state index is -0.153. The van der Waals surface area contributed by atoms with Crippen LogP contribution in [0.3, 0.4) is 0 Å². The highest BCUT2D eigenvalue weighted by molar-refractivity contribution is 7.80. The van der Waals surface area contributed by atoms with Gasteiger partial charge >= 0.3 is 0 Å². The van der Waals surface area contributed by atoms with Gasteiger partial charge in [0.25, 0.3) is 5.91 Å². The number of benzene rings is 1. The van der Waals surface area contributed by atoms with Crippen molar-refractivity contribution in [1.29, 1.82) is 0 Å². The first-order valence-corrected chi connectivity index (χ1v) is 6.68. The van der Waals surface area contributed by atoms with Crippen LogP contribution >= 0.6 is 12.2 Å². The highest BCUT2D eigenvalue weighted by Gasteiger charge is 2.11. The third-order valence-corrected chi connectivity index (χ3v) is 3.16. The van der Waals surface area contributed by atoms with Crippen molar-refractivity contribution in [3.05, 3.63) is 54.4 Å². The number of thiocarbonyl (C=S) groups is 1. The van der Waals surface area contributed by atoms with Gasteiger partial charge in [0.05, 0.1) is 0 Å². The second-order valence-electron chi connectivity index (χ2n) is 4.34. The van der Waals surface area contributed by atoms with Gasteiger partial charge in [0.1, 0.15) is 10.7 Å². The van der Waals surface area contributed by atoms with Gasteiger partial charge in [0.2, 0.25) is 0 Å². The van der Waals surface area contributed by atoms with E-state index in [1.807, 2.05) is 0 Å². The first-order chi connectivity index (χ1) is 10.1. The van der Waals surface area contributed by atoms with Crippen molar-refractivity contribution in [1.82, 2.24) is 4.98 Å². The number of amides is 1. The highest BCUT2D eigenvalue weighted by Crippen LogP contribution is 2.14. The number of carbonyl (C=O) groups excluding carboxylic acids is 1. The molecule has 1 heterocycles. The van der Waals surface area contributed by atoms with Crippen molar-refractivity contribution in [2.45, 2.75) is 0 Å². The predicted octanol–water partition coefficient (Wildman–Crippen LogP) is 1.76. The molecule has 1 aromatic carbocycles. The second-order valence-corrected chi connectivity index (χ2v) is 4.78. The number of hydrogen-bond acceptors (Lipinski definition) is 4. The van der Waals surface area contributed by atoms with E-state index < -0.39 is 0 Å². The largest absolute Gasteiger partial charge is 0.484 e. The molecule has 2 N–H and O–H groups in total. The molecule has 6 heteroatoms. The Hall–Kier alpha value is -2.47. The highest BCUT2D eigenvalue weighted by atomic mass is 32.1. The second kappa shape index (κ2) is 6.81.